The zero-order valence-electron chi connectivity index (χ0n) is 12.0. The second-order valence-electron chi connectivity index (χ2n) is 5.20. The van der Waals surface area contributed by atoms with E-state index < -0.39 is 0 Å². The van der Waals surface area contributed by atoms with Crippen LogP contribution < -0.4 is 0 Å². The molecule has 5 nitrogen and oxygen atoms in total. The van der Waals surface area contributed by atoms with E-state index >= 15 is 0 Å². The maximum absolute atomic E-state index is 12.6. The van der Waals surface area contributed by atoms with Crippen molar-refractivity contribution in [3.05, 3.63) is 29.6 Å². The van der Waals surface area contributed by atoms with E-state index in [1.54, 1.807) is 23.4 Å². The van der Waals surface area contributed by atoms with Crippen molar-refractivity contribution in [3.8, 4) is 0 Å². The third-order valence-electron chi connectivity index (χ3n) is 3.68. The van der Waals surface area contributed by atoms with E-state index in [-0.39, 0.29) is 24.5 Å². The molecule has 0 radical (unpaired) electrons. The molecular formula is C15H20N2O3. The molecule has 0 atom stereocenters. The quantitative estimate of drug-likeness (QED) is 0.789. The molecule has 0 bridgehead atoms. The molecular weight excluding hydrogens is 256 g/mol. The monoisotopic (exact) mass is 276 g/mol. The number of aryl methyl sites for hydroxylation is 1. The van der Waals surface area contributed by atoms with Gasteiger partial charge >= 0.3 is 5.97 Å². The molecule has 1 aliphatic carbocycles. The zero-order valence-corrected chi connectivity index (χ0v) is 12.0. The SMILES string of the molecule is COC(=O)CN(C(=O)c1cncc(C)c1)C1CCCC1. The molecule has 1 aliphatic rings. The van der Waals surface area contributed by atoms with E-state index in [2.05, 4.69) is 4.98 Å². The second kappa shape index (κ2) is 6.50. The van der Waals surface area contributed by atoms with Crippen LogP contribution in [0, 0.1) is 6.92 Å². The molecule has 0 unspecified atom stereocenters. The van der Waals surface area contributed by atoms with Crippen molar-refractivity contribution in [2.24, 2.45) is 0 Å². The van der Waals surface area contributed by atoms with Gasteiger partial charge in [-0.05, 0) is 31.4 Å². The van der Waals surface area contributed by atoms with E-state index in [4.69, 9.17) is 4.74 Å². The molecule has 1 aromatic heterocycles. The molecule has 1 heterocycles. The van der Waals surface area contributed by atoms with E-state index in [1.165, 1.54) is 7.11 Å². The molecule has 1 aromatic rings. The molecule has 1 fully saturated rings. The third-order valence-corrected chi connectivity index (χ3v) is 3.68. The number of amides is 1. The highest BCUT2D eigenvalue weighted by Gasteiger charge is 2.29. The highest BCUT2D eigenvalue weighted by atomic mass is 16.5. The molecule has 0 N–H and O–H groups in total. The maximum atomic E-state index is 12.6. The van der Waals surface area contributed by atoms with Crippen molar-refractivity contribution in [1.29, 1.82) is 0 Å². The summed E-state index contributed by atoms with van der Waals surface area (Å²) in [7, 11) is 1.34. The van der Waals surface area contributed by atoms with Gasteiger partial charge in [-0.15, -0.1) is 0 Å². The van der Waals surface area contributed by atoms with Gasteiger partial charge in [-0.2, -0.15) is 0 Å². The van der Waals surface area contributed by atoms with Crippen LogP contribution in [0.15, 0.2) is 18.5 Å². The van der Waals surface area contributed by atoms with Crippen LogP contribution in [0.25, 0.3) is 0 Å². The Hall–Kier alpha value is -1.91. The van der Waals surface area contributed by atoms with Crippen LogP contribution in [0.2, 0.25) is 0 Å². The summed E-state index contributed by atoms with van der Waals surface area (Å²) in [4.78, 5) is 29.8. The molecule has 0 aliphatic heterocycles. The third kappa shape index (κ3) is 3.35. The number of carbonyl (C=O) groups is 2. The summed E-state index contributed by atoms with van der Waals surface area (Å²) in [5.74, 6) is -0.524. The van der Waals surface area contributed by atoms with Crippen LogP contribution >= 0.6 is 0 Å². The molecule has 5 heteroatoms. The van der Waals surface area contributed by atoms with Gasteiger partial charge in [-0.25, -0.2) is 0 Å². The minimum atomic E-state index is -0.383. The number of ether oxygens (including phenoxy) is 1. The highest BCUT2D eigenvalue weighted by Crippen LogP contribution is 2.25. The Bertz CT molecular complexity index is 496. The summed E-state index contributed by atoms with van der Waals surface area (Å²) < 4.78 is 4.70. The fourth-order valence-electron chi connectivity index (χ4n) is 2.62. The smallest absolute Gasteiger partial charge is 0.325 e. The number of rotatable bonds is 4. The largest absolute Gasteiger partial charge is 0.468 e. The fraction of sp³-hybridized carbons (Fsp3) is 0.533. The van der Waals surface area contributed by atoms with E-state index in [0.717, 1.165) is 31.2 Å². The number of carbonyl (C=O) groups excluding carboxylic acids is 2. The van der Waals surface area contributed by atoms with Gasteiger partial charge in [-0.3, -0.25) is 14.6 Å². The molecule has 1 amide bonds. The van der Waals surface area contributed by atoms with Gasteiger partial charge in [0.05, 0.1) is 12.7 Å². The molecule has 0 saturated heterocycles. The van der Waals surface area contributed by atoms with Gasteiger partial charge in [-0.1, -0.05) is 12.8 Å². The number of pyridine rings is 1. The predicted molar refractivity (Wildman–Crippen MR) is 74.3 cm³/mol. The van der Waals surface area contributed by atoms with Crippen molar-refractivity contribution in [3.63, 3.8) is 0 Å². The van der Waals surface area contributed by atoms with Crippen molar-refractivity contribution in [2.75, 3.05) is 13.7 Å². The number of hydrogen-bond donors (Lipinski definition) is 0. The maximum Gasteiger partial charge on any atom is 0.325 e. The second-order valence-corrected chi connectivity index (χ2v) is 5.20. The summed E-state index contributed by atoms with van der Waals surface area (Å²) >= 11 is 0. The lowest BCUT2D eigenvalue weighted by Gasteiger charge is -2.27. The van der Waals surface area contributed by atoms with Gasteiger partial charge in [0.2, 0.25) is 0 Å². The Kier molecular flexibility index (Phi) is 4.71. The van der Waals surface area contributed by atoms with Crippen LogP contribution in [0.4, 0.5) is 0 Å². The number of esters is 1. The molecule has 2 rings (SSSR count). The average molecular weight is 276 g/mol. The molecule has 108 valence electrons. The van der Waals surface area contributed by atoms with Gasteiger partial charge < -0.3 is 9.64 Å². The summed E-state index contributed by atoms with van der Waals surface area (Å²) in [6.45, 7) is 1.90. The van der Waals surface area contributed by atoms with Gasteiger partial charge in [0.25, 0.3) is 5.91 Å². The predicted octanol–water partition coefficient (Wildman–Crippen LogP) is 1.95. The zero-order chi connectivity index (χ0) is 14.5. The highest BCUT2D eigenvalue weighted by molar-refractivity contribution is 5.96. The van der Waals surface area contributed by atoms with Gasteiger partial charge in [0.15, 0.2) is 0 Å². The molecule has 1 saturated carbocycles. The van der Waals surface area contributed by atoms with Crippen LogP contribution in [-0.2, 0) is 9.53 Å². The van der Waals surface area contributed by atoms with Gasteiger partial charge in [0, 0.05) is 18.4 Å². The summed E-state index contributed by atoms with van der Waals surface area (Å²) in [5.41, 5.74) is 1.46. The first kappa shape index (κ1) is 14.5. The first-order chi connectivity index (χ1) is 9.61. The fourth-order valence-corrected chi connectivity index (χ4v) is 2.62. The summed E-state index contributed by atoms with van der Waals surface area (Å²) in [5, 5.41) is 0. The lowest BCUT2D eigenvalue weighted by atomic mass is 10.1. The lowest BCUT2D eigenvalue weighted by molar-refractivity contribution is -0.141. The number of aromatic nitrogens is 1. The molecule has 0 aromatic carbocycles. The Morgan fingerprint density at radius 1 is 1.35 bits per heavy atom. The van der Waals surface area contributed by atoms with Crippen LogP contribution in [0.3, 0.4) is 0 Å². The minimum absolute atomic E-state index is 0.00788. The Labute approximate surface area is 118 Å². The normalized spacial score (nSPS) is 15.1. The van der Waals surface area contributed by atoms with E-state index in [1.807, 2.05) is 6.92 Å². The summed E-state index contributed by atoms with van der Waals surface area (Å²) in [6.07, 6.45) is 7.35. The minimum Gasteiger partial charge on any atom is -0.468 e. The van der Waals surface area contributed by atoms with Crippen molar-refractivity contribution in [1.82, 2.24) is 9.88 Å². The van der Waals surface area contributed by atoms with Crippen LogP contribution in [-0.4, -0.2) is 41.5 Å². The van der Waals surface area contributed by atoms with Gasteiger partial charge in [0.1, 0.15) is 6.54 Å². The standard InChI is InChI=1S/C15H20N2O3/c1-11-7-12(9-16-8-11)15(19)17(10-14(18)20-2)13-5-3-4-6-13/h7-9,13H,3-6,10H2,1-2H3. The Morgan fingerprint density at radius 2 is 2.05 bits per heavy atom. The Morgan fingerprint density at radius 3 is 2.65 bits per heavy atom. The number of hydrogen-bond acceptors (Lipinski definition) is 4. The van der Waals surface area contributed by atoms with Crippen LogP contribution in [0.5, 0.6) is 0 Å². The lowest BCUT2D eigenvalue weighted by Crippen LogP contribution is -2.42. The van der Waals surface area contributed by atoms with Crippen molar-refractivity contribution < 1.29 is 14.3 Å². The average Bonchev–Trinajstić information content (AvgIpc) is 2.97. The number of methoxy groups -OCH3 is 1. The van der Waals surface area contributed by atoms with Crippen molar-refractivity contribution in [2.45, 2.75) is 38.6 Å². The molecule has 20 heavy (non-hydrogen) atoms. The Balaban J connectivity index is 2.20. The number of nitrogens with zero attached hydrogens (tertiary/aromatic N) is 2. The first-order valence-corrected chi connectivity index (χ1v) is 6.91. The van der Waals surface area contributed by atoms with Crippen molar-refractivity contribution >= 4 is 11.9 Å². The first-order valence-electron chi connectivity index (χ1n) is 6.91. The topological polar surface area (TPSA) is 59.5 Å². The summed E-state index contributed by atoms with van der Waals surface area (Å²) in [6, 6.07) is 1.93. The van der Waals surface area contributed by atoms with E-state index in [0.29, 0.717) is 5.56 Å². The van der Waals surface area contributed by atoms with E-state index in [9.17, 15) is 9.59 Å². The molecule has 0 spiro atoms. The van der Waals surface area contributed by atoms with Crippen LogP contribution in [0.1, 0.15) is 41.6 Å².